The molecule has 0 aliphatic heterocycles. The third-order valence-electron chi connectivity index (χ3n) is 3.24. The van der Waals surface area contributed by atoms with Crippen LogP contribution in [0.1, 0.15) is 11.1 Å². The van der Waals surface area contributed by atoms with Gasteiger partial charge in [0.2, 0.25) is 0 Å². The first kappa shape index (κ1) is 18.0. The highest BCUT2D eigenvalue weighted by molar-refractivity contribution is 9.11. The number of carbonyl (C=O) groups excluding carboxylic acids is 1. The summed E-state index contributed by atoms with van der Waals surface area (Å²) < 4.78 is 12.1. The van der Waals surface area contributed by atoms with Gasteiger partial charge in [0.25, 0.3) is 0 Å². The minimum atomic E-state index is -0.685. The molecule has 2 N–H and O–H groups in total. The zero-order valence-corrected chi connectivity index (χ0v) is 15.8. The van der Waals surface area contributed by atoms with Crippen LogP contribution in [0.25, 0.3) is 0 Å². The molecule has 0 unspecified atom stereocenters. The number of carbonyl (C=O) groups is 1. The number of hydrogen-bond acceptors (Lipinski definition) is 4. The van der Waals surface area contributed by atoms with Crippen LogP contribution in [0.15, 0.2) is 51.4 Å². The van der Waals surface area contributed by atoms with Crippen LogP contribution in [0.3, 0.4) is 0 Å². The SMILES string of the molecule is COC(=O)[C@@H](N)Cc1cc(Br)c(OCc2ccccc2)c(Br)c1. The molecule has 0 aromatic heterocycles. The van der Waals surface area contributed by atoms with E-state index < -0.39 is 12.0 Å². The highest BCUT2D eigenvalue weighted by Crippen LogP contribution is 2.35. The first-order valence-corrected chi connectivity index (χ1v) is 8.58. The summed E-state index contributed by atoms with van der Waals surface area (Å²) in [5, 5.41) is 0. The van der Waals surface area contributed by atoms with Gasteiger partial charge in [-0.3, -0.25) is 4.79 Å². The van der Waals surface area contributed by atoms with Gasteiger partial charge in [0.15, 0.2) is 0 Å². The molecule has 0 spiro atoms. The van der Waals surface area contributed by atoms with E-state index in [9.17, 15) is 4.79 Å². The zero-order chi connectivity index (χ0) is 16.8. The second kappa shape index (κ2) is 8.47. The van der Waals surface area contributed by atoms with E-state index in [1.54, 1.807) is 0 Å². The Hall–Kier alpha value is -1.37. The van der Waals surface area contributed by atoms with Gasteiger partial charge in [-0.25, -0.2) is 0 Å². The largest absolute Gasteiger partial charge is 0.487 e. The van der Waals surface area contributed by atoms with Crippen molar-refractivity contribution < 1.29 is 14.3 Å². The molecule has 2 aromatic carbocycles. The first-order chi connectivity index (χ1) is 11.0. The Balaban J connectivity index is 2.09. The van der Waals surface area contributed by atoms with Crippen LogP contribution in [0, 0.1) is 0 Å². The molecular formula is C17H17Br2NO3. The lowest BCUT2D eigenvalue weighted by Crippen LogP contribution is -2.33. The summed E-state index contributed by atoms with van der Waals surface area (Å²) in [4.78, 5) is 11.4. The van der Waals surface area contributed by atoms with E-state index in [1.165, 1.54) is 7.11 Å². The lowest BCUT2D eigenvalue weighted by atomic mass is 10.1. The van der Waals surface area contributed by atoms with Crippen molar-refractivity contribution >= 4 is 37.8 Å². The van der Waals surface area contributed by atoms with Gasteiger partial charge in [-0.1, -0.05) is 30.3 Å². The van der Waals surface area contributed by atoms with Crippen LogP contribution in [0.4, 0.5) is 0 Å². The Morgan fingerprint density at radius 1 is 1.13 bits per heavy atom. The number of esters is 1. The molecule has 0 bridgehead atoms. The average Bonchev–Trinajstić information content (AvgIpc) is 2.54. The van der Waals surface area contributed by atoms with Crippen molar-refractivity contribution in [3.8, 4) is 5.75 Å². The number of nitrogens with two attached hydrogens (primary N) is 1. The molecule has 0 fully saturated rings. The molecule has 2 rings (SSSR count). The van der Waals surface area contributed by atoms with Crippen LogP contribution in [0.2, 0.25) is 0 Å². The van der Waals surface area contributed by atoms with Gasteiger partial charge in [-0.2, -0.15) is 0 Å². The maximum atomic E-state index is 11.4. The third kappa shape index (κ3) is 5.06. The molecule has 1 atom stereocenters. The van der Waals surface area contributed by atoms with Crippen molar-refractivity contribution in [1.29, 1.82) is 0 Å². The fourth-order valence-electron chi connectivity index (χ4n) is 2.09. The van der Waals surface area contributed by atoms with Crippen LogP contribution < -0.4 is 10.5 Å². The van der Waals surface area contributed by atoms with Gasteiger partial charge in [0.1, 0.15) is 18.4 Å². The Morgan fingerprint density at radius 2 is 1.74 bits per heavy atom. The predicted octanol–water partition coefficient (Wildman–Crippen LogP) is 3.83. The van der Waals surface area contributed by atoms with Gasteiger partial charge >= 0.3 is 5.97 Å². The highest BCUT2D eigenvalue weighted by atomic mass is 79.9. The monoisotopic (exact) mass is 441 g/mol. The van der Waals surface area contributed by atoms with E-state index in [-0.39, 0.29) is 0 Å². The van der Waals surface area contributed by atoms with Gasteiger partial charge in [-0.15, -0.1) is 0 Å². The zero-order valence-electron chi connectivity index (χ0n) is 12.6. The third-order valence-corrected chi connectivity index (χ3v) is 4.42. The Kier molecular flexibility index (Phi) is 6.62. The number of hydrogen-bond donors (Lipinski definition) is 1. The van der Waals surface area contributed by atoms with E-state index in [4.69, 9.17) is 10.5 Å². The summed E-state index contributed by atoms with van der Waals surface area (Å²) >= 11 is 7.01. The molecule has 4 nitrogen and oxygen atoms in total. The molecule has 0 amide bonds. The standard InChI is InChI=1S/C17H17Br2NO3/c1-22-17(21)15(20)9-12-7-13(18)16(14(19)8-12)23-10-11-5-3-2-4-6-11/h2-8,15H,9-10,20H2,1H3/t15-/m0/s1. The highest BCUT2D eigenvalue weighted by Gasteiger charge is 2.16. The minimum Gasteiger partial charge on any atom is -0.487 e. The van der Waals surface area contributed by atoms with E-state index >= 15 is 0 Å². The number of benzene rings is 2. The van der Waals surface area contributed by atoms with Crippen LogP contribution in [-0.2, 0) is 22.6 Å². The summed E-state index contributed by atoms with van der Waals surface area (Å²) in [7, 11) is 1.33. The number of rotatable bonds is 6. The first-order valence-electron chi connectivity index (χ1n) is 6.99. The van der Waals surface area contributed by atoms with Gasteiger partial charge < -0.3 is 15.2 Å². The van der Waals surface area contributed by atoms with E-state index in [1.807, 2.05) is 42.5 Å². The molecule has 6 heteroatoms. The molecular weight excluding hydrogens is 426 g/mol. The van der Waals surface area contributed by atoms with E-state index in [2.05, 4.69) is 36.6 Å². The van der Waals surface area contributed by atoms with E-state index in [0.29, 0.717) is 18.8 Å². The molecule has 0 saturated carbocycles. The molecule has 0 radical (unpaired) electrons. The van der Waals surface area contributed by atoms with Crippen LogP contribution in [-0.4, -0.2) is 19.1 Å². The van der Waals surface area contributed by atoms with Gasteiger partial charge in [0.05, 0.1) is 16.1 Å². The average molecular weight is 443 g/mol. The fraction of sp³-hybridized carbons (Fsp3) is 0.235. The smallest absolute Gasteiger partial charge is 0.322 e. The lowest BCUT2D eigenvalue weighted by molar-refractivity contribution is -0.142. The Morgan fingerprint density at radius 3 is 2.30 bits per heavy atom. The molecule has 0 aliphatic rings. The second-order valence-electron chi connectivity index (χ2n) is 5.00. The van der Waals surface area contributed by atoms with Crippen molar-refractivity contribution in [2.24, 2.45) is 5.73 Å². The minimum absolute atomic E-state index is 0.392. The predicted molar refractivity (Wildman–Crippen MR) is 96.3 cm³/mol. The van der Waals surface area contributed by atoms with Crippen molar-refractivity contribution in [3.05, 3.63) is 62.5 Å². The maximum Gasteiger partial charge on any atom is 0.322 e. The van der Waals surface area contributed by atoms with Crippen molar-refractivity contribution in [3.63, 3.8) is 0 Å². The van der Waals surface area contributed by atoms with Crippen LogP contribution >= 0.6 is 31.9 Å². The topological polar surface area (TPSA) is 61.5 Å². The molecule has 23 heavy (non-hydrogen) atoms. The summed E-state index contributed by atoms with van der Waals surface area (Å²) in [5.41, 5.74) is 7.79. The lowest BCUT2D eigenvalue weighted by Gasteiger charge is -2.14. The number of halogens is 2. The molecule has 0 heterocycles. The fourth-order valence-corrected chi connectivity index (χ4v) is 3.60. The van der Waals surface area contributed by atoms with E-state index in [0.717, 1.165) is 20.1 Å². The summed E-state index contributed by atoms with van der Waals surface area (Å²) in [6.45, 7) is 0.471. The molecule has 2 aromatic rings. The van der Waals surface area contributed by atoms with Gasteiger partial charge in [0, 0.05) is 0 Å². The Bertz CT molecular complexity index is 654. The summed E-state index contributed by atoms with van der Waals surface area (Å²) in [5.74, 6) is 0.283. The Labute approximate surface area is 152 Å². The molecule has 0 aliphatic carbocycles. The van der Waals surface area contributed by atoms with Crippen molar-refractivity contribution in [2.75, 3.05) is 7.11 Å². The van der Waals surface area contributed by atoms with Crippen molar-refractivity contribution in [1.82, 2.24) is 0 Å². The number of ether oxygens (including phenoxy) is 2. The molecule has 0 saturated heterocycles. The quantitative estimate of drug-likeness (QED) is 0.690. The summed E-state index contributed by atoms with van der Waals surface area (Å²) in [6.07, 6.45) is 0.392. The van der Waals surface area contributed by atoms with Gasteiger partial charge in [-0.05, 0) is 61.5 Å². The second-order valence-corrected chi connectivity index (χ2v) is 6.71. The molecule has 122 valence electrons. The van der Waals surface area contributed by atoms with Crippen molar-refractivity contribution in [2.45, 2.75) is 19.1 Å². The number of methoxy groups -OCH3 is 1. The summed E-state index contributed by atoms with van der Waals surface area (Å²) in [6, 6.07) is 13.0. The van der Waals surface area contributed by atoms with Crippen LogP contribution in [0.5, 0.6) is 5.75 Å². The maximum absolute atomic E-state index is 11.4. The normalized spacial score (nSPS) is 11.8.